The summed E-state index contributed by atoms with van der Waals surface area (Å²) in [6.45, 7) is 0. The fourth-order valence-electron chi connectivity index (χ4n) is 1.43. The zero-order chi connectivity index (χ0) is 14.8. The lowest BCUT2D eigenvalue weighted by atomic mass is 10.2. The van der Waals surface area contributed by atoms with Crippen molar-refractivity contribution in [2.75, 3.05) is 17.6 Å². The third kappa shape index (κ3) is 2.86. The normalized spacial score (nSPS) is 11.1. The minimum absolute atomic E-state index is 0.0863. The first kappa shape index (κ1) is 14.2. The van der Waals surface area contributed by atoms with Crippen molar-refractivity contribution in [2.24, 2.45) is 0 Å². The van der Waals surface area contributed by atoms with Gasteiger partial charge >= 0.3 is 5.97 Å². The van der Waals surface area contributed by atoms with Crippen molar-refractivity contribution >= 4 is 38.1 Å². The molecule has 0 aliphatic rings. The Morgan fingerprint density at radius 3 is 2.80 bits per heavy atom. The largest absolute Gasteiger partial charge is 0.465 e. The Bertz CT molecular complexity index is 728. The lowest BCUT2D eigenvalue weighted by Gasteiger charge is -2.10. The lowest BCUT2D eigenvalue weighted by molar-refractivity contribution is 0.0596. The Kier molecular flexibility index (Phi) is 3.86. The second-order valence-electron chi connectivity index (χ2n) is 3.60. The molecule has 0 atom stereocenters. The molecule has 0 unspecified atom stereocenters. The molecule has 0 aliphatic carbocycles. The maximum Gasteiger partial charge on any atom is 0.339 e. The summed E-state index contributed by atoms with van der Waals surface area (Å²) in [6, 6.07) is 3.88. The number of methoxy groups -OCH3 is 1. The SMILES string of the molecule is COC(=O)c1ccc(N)cc1S(=O)(=O)Nc1nncs1. The highest BCUT2D eigenvalue weighted by molar-refractivity contribution is 7.93. The summed E-state index contributed by atoms with van der Waals surface area (Å²) in [6.07, 6.45) is 0. The van der Waals surface area contributed by atoms with Crippen LogP contribution in [0.1, 0.15) is 10.4 Å². The van der Waals surface area contributed by atoms with Gasteiger partial charge in [-0.15, -0.1) is 10.2 Å². The molecule has 20 heavy (non-hydrogen) atoms. The number of ether oxygens (including phenoxy) is 1. The van der Waals surface area contributed by atoms with Crippen LogP contribution in [0.25, 0.3) is 0 Å². The molecule has 0 bridgehead atoms. The van der Waals surface area contributed by atoms with Gasteiger partial charge in [-0.25, -0.2) is 13.2 Å². The molecule has 1 aromatic carbocycles. The number of hydrogen-bond donors (Lipinski definition) is 2. The number of hydrogen-bond acceptors (Lipinski definition) is 8. The summed E-state index contributed by atoms with van der Waals surface area (Å²) < 4.78 is 31.3. The first-order valence-electron chi connectivity index (χ1n) is 5.21. The topological polar surface area (TPSA) is 124 Å². The van der Waals surface area contributed by atoms with Crippen molar-refractivity contribution < 1.29 is 17.9 Å². The van der Waals surface area contributed by atoms with Gasteiger partial charge in [0.25, 0.3) is 10.0 Å². The van der Waals surface area contributed by atoms with E-state index in [1.807, 2.05) is 0 Å². The van der Waals surface area contributed by atoms with E-state index in [2.05, 4.69) is 19.7 Å². The Hall–Kier alpha value is -2.20. The van der Waals surface area contributed by atoms with Gasteiger partial charge in [0, 0.05) is 5.69 Å². The third-order valence-corrected chi connectivity index (χ3v) is 4.40. The van der Waals surface area contributed by atoms with E-state index in [1.54, 1.807) is 0 Å². The van der Waals surface area contributed by atoms with Crippen LogP contribution in [0, 0.1) is 0 Å². The number of anilines is 2. The van der Waals surface area contributed by atoms with Gasteiger partial charge in [-0.05, 0) is 18.2 Å². The van der Waals surface area contributed by atoms with Crippen molar-refractivity contribution in [3.05, 3.63) is 29.3 Å². The second-order valence-corrected chi connectivity index (χ2v) is 6.08. The molecule has 0 radical (unpaired) electrons. The van der Waals surface area contributed by atoms with Crippen molar-refractivity contribution in [3.63, 3.8) is 0 Å². The van der Waals surface area contributed by atoms with Crippen LogP contribution in [-0.4, -0.2) is 31.7 Å². The van der Waals surface area contributed by atoms with Gasteiger partial charge in [0.1, 0.15) is 10.4 Å². The quantitative estimate of drug-likeness (QED) is 0.629. The number of nitrogen functional groups attached to an aromatic ring is 1. The Labute approximate surface area is 118 Å². The van der Waals surface area contributed by atoms with Crippen molar-refractivity contribution in [1.82, 2.24) is 10.2 Å². The molecule has 106 valence electrons. The van der Waals surface area contributed by atoms with Crippen LogP contribution in [0.4, 0.5) is 10.8 Å². The standard InChI is InChI=1S/C10H10N4O4S2/c1-18-9(15)7-3-2-6(11)4-8(7)20(16,17)14-10-13-12-5-19-10/h2-5H,11H2,1H3,(H,13,14). The van der Waals surface area contributed by atoms with E-state index in [9.17, 15) is 13.2 Å². The first-order chi connectivity index (χ1) is 9.44. The summed E-state index contributed by atoms with van der Waals surface area (Å²) in [7, 11) is -2.85. The van der Waals surface area contributed by atoms with Gasteiger partial charge in [-0.1, -0.05) is 11.3 Å². The first-order valence-corrected chi connectivity index (χ1v) is 7.57. The van der Waals surface area contributed by atoms with Gasteiger partial charge in [-0.3, -0.25) is 4.72 Å². The van der Waals surface area contributed by atoms with Crippen LogP contribution < -0.4 is 10.5 Å². The van der Waals surface area contributed by atoms with Crippen LogP contribution in [-0.2, 0) is 14.8 Å². The average Bonchev–Trinajstić information content (AvgIpc) is 2.90. The van der Waals surface area contributed by atoms with E-state index < -0.39 is 16.0 Å². The molecule has 3 N–H and O–H groups in total. The van der Waals surface area contributed by atoms with Crippen LogP contribution >= 0.6 is 11.3 Å². The predicted molar refractivity (Wildman–Crippen MR) is 72.9 cm³/mol. The molecule has 0 fully saturated rings. The number of esters is 1. The molecule has 0 saturated heterocycles. The molecular weight excluding hydrogens is 304 g/mol. The minimum atomic E-state index is -4.01. The molecule has 0 saturated carbocycles. The molecule has 1 heterocycles. The highest BCUT2D eigenvalue weighted by Crippen LogP contribution is 2.23. The van der Waals surface area contributed by atoms with Gasteiger partial charge in [0.2, 0.25) is 5.13 Å². The summed E-state index contributed by atoms with van der Waals surface area (Å²) in [5, 5.41) is 7.18. The second kappa shape index (κ2) is 5.43. The predicted octanol–water partition coefficient (Wildman–Crippen LogP) is 0.708. The number of aromatic nitrogens is 2. The third-order valence-electron chi connectivity index (χ3n) is 2.28. The van der Waals surface area contributed by atoms with Crippen molar-refractivity contribution in [3.8, 4) is 0 Å². The van der Waals surface area contributed by atoms with E-state index in [0.29, 0.717) is 0 Å². The summed E-state index contributed by atoms with van der Waals surface area (Å²) in [4.78, 5) is 11.3. The number of nitrogens with two attached hydrogens (primary N) is 1. The number of rotatable bonds is 4. The molecular formula is C10H10N4O4S2. The molecule has 0 aliphatic heterocycles. The van der Waals surface area contributed by atoms with E-state index >= 15 is 0 Å². The molecule has 10 heteroatoms. The minimum Gasteiger partial charge on any atom is -0.465 e. The number of sulfonamides is 1. The number of nitrogens with zero attached hydrogens (tertiary/aromatic N) is 2. The van der Waals surface area contributed by atoms with Crippen molar-refractivity contribution in [2.45, 2.75) is 4.90 Å². The van der Waals surface area contributed by atoms with Crippen LogP contribution in [0.2, 0.25) is 0 Å². The Morgan fingerprint density at radius 2 is 2.20 bits per heavy atom. The molecule has 8 nitrogen and oxygen atoms in total. The van der Waals surface area contributed by atoms with Gasteiger partial charge < -0.3 is 10.5 Å². The van der Waals surface area contributed by atoms with E-state index in [0.717, 1.165) is 18.4 Å². The smallest absolute Gasteiger partial charge is 0.339 e. The Morgan fingerprint density at radius 1 is 1.45 bits per heavy atom. The maximum atomic E-state index is 12.3. The van der Waals surface area contributed by atoms with E-state index in [4.69, 9.17) is 5.73 Å². The van der Waals surface area contributed by atoms with Crippen LogP contribution in [0.15, 0.2) is 28.6 Å². The number of benzene rings is 1. The molecule has 0 amide bonds. The van der Waals surface area contributed by atoms with E-state index in [-0.39, 0.29) is 21.3 Å². The van der Waals surface area contributed by atoms with E-state index in [1.165, 1.54) is 23.7 Å². The summed E-state index contributed by atoms with van der Waals surface area (Å²) >= 11 is 1.01. The van der Waals surface area contributed by atoms with Crippen molar-refractivity contribution in [1.29, 1.82) is 0 Å². The maximum absolute atomic E-state index is 12.3. The van der Waals surface area contributed by atoms with Crippen LogP contribution in [0.3, 0.4) is 0 Å². The number of nitrogens with one attached hydrogen (secondary N) is 1. The van der Waals surface area contributed by atoms with Gasteiger partial charge in [0.05, 0.1) is 12.7 Å². The van der Waals surface area contributed by atoms with Gasteiger partial charge in [-0.2, -0.15) is 0 Å². The zero-order valence-corrected chi connectivity index (χ0v) is 11.9. The average molecular weight is 314 g/mol. The molecule has 0 spiro atoms. The molecule has 2 aromatic rings. The highest BCUT2D eigenvalue weighted by atomic mass is 32.2. The number of carbonyl (C=O) groups is 1. The zero-order valence-electron chi connectivity index (χ0n) is 10.2. The highest BCUT2D eigenvalue weighted by Gasteiger charge is 2.24. The fourth-order valence-corrected chi connectivity index (χ4v) is 3.35. The van der Waals surface area contributed by atoms with Gasteiger partial charge in [0.15, 0.2) is 0 Å². The monoisotopic (exact) mass is 314 g/mol. The summed E-state index contributed by atoms with van der Waals surface area (Å²) in [5.41, 5.74) is 7.03. The molecule has 1 aromatic heterocycles. The Balaban J connectivity index is 2.50. The number of carbonyl (C=O) groups excluding carboxylic acids is 1. The molecule has 2 rings (SSSR count). The fraction of sp³-hybridized carbons (Fsp3) is 0.100. The van der Waals surface area contributed by atoms with Crippen LogP contribution in [0.5, 0.6) is 0 Å². The summed E-state index contributed by atoms with van der Waals surface area (Å²) in [5.74, 6) is -0.775. The lowest BCUT2D eigenvalue weighted by Crippen LogP contribution is -2.18.